The van der Waals surface area contributed by atoms with Gasteiger partial charge in [0.2, 0.25) is 0 Å². The quantitative estimate of drug-likeness (QED) is 0.892. The predicted molar refractivity (Wildman–Crippen MR) is 72.7 cm³/mol. The number of aromatic nitrogens is 2. The average Bonchev–Trinajstić information content (AvgIpc) is 2.92. The molecule has 0 bridgehead atoms. The van der Waals surface area contributed by atoms with Gasteiger partial charge in [0.25, 0.3) is 0 Å². The first kappa shape index (κ1) is 11.5. The van der Waals surface area contributed by atoms with Crippen molar-refractivity contribution < 1.29 is 0 Å². The van der Waals surface area contributed by atoms with Crippen LogP contribution in [-0.2, 0) is 0 Å². The molecule has 1 heterocycles. The zero-order valence-electron chi connectivity index (χ0n) is 10.9. The molecule has 3 rings (SSSR count). The van der Waals surface area contributed by atoms with E-state index in [2.05, 4.69) is 42.6 Å². The van der Waals surface area contributed by atoms with E-state index in [1.54, 1.807) is 0 Å². The Balaban J connectivity index is 1.73. The molecule has 2 aromatic rings. The van der Waals surface area contributed by atoms with Crippen molar-refractivity contribution >= 4 is 0 Å². The lowest BCUT2D eigenvalue weighted by atomic mass is 10.2. The third kappa shape index (κ3) is 2.31. The lowest BCUT2D eigenvalue weighted by Crippen LogP contribution is -2.21. The lowest BCUT2D eigenvalue weighted by molar-refractivity contribution is 0.552. The number of hydrogen-bond donors (Lipinski definition) is 1. The summed E-state index contributed by atoms with van der Waals surface area (Å²) in [5, 5.41) is 8.06. The summed E-state index contributed by atoms with van der Waals surface area (Å²) in [5.41, 5.74) is 2.36. The first-order chi connectivity index (χ1) is 8.74. The van der Waals surface area contributed by atoms with Gasteiger partial charge in [0.1, 0.15) is 0 Å². The molecule has 3 atom stereocenters. The second kappa shape index (κ2) is 4.58. The molecule has 1 aliphatic rings. The van der Waals surface area contributed by atoms with Crippen LogP contribution < -0.4 is 5.32 Å². The van der Waals surface area contributed by atoms with Crippen molar-refractivity contribution in [2.45, 2.75) is 32.4 Å². The zero-order chi connectivity index (χ0) is 12.5. The second-order valence-corrected chi connectivity index (χ2v) is 5.26. The van der Waals surface area contributed by atoms with E-state index in [1.165, 1.54) is 12.0 Å². The van der Waals surface area contributed by atoms with Gasteiger partial charge in [-0.3, -0.25) is 0 Å². The monoisotopic (exact) mass is 241 g/mol. The Morgan fingerprint density at radius 3 is 2.72 bits per heavy atom. The number of rotatable bonds is 4. The Morgan fingerprint density at radius 1 is 1.33 bits per heavy atom. The lowest BCUT2D eigenvalue weighted by Gasteiger charge is -2.11. The minimum Gasteiger partial charge on any atom is -0.307 e. The Kier molecular flexibility index (Phi) is 2.92. The van der Waals surface area contributed by atoms with E-state index in [4.69, 9.17) is 0 Å². The summed E-state index contributed by atoms with van der Waals surface area (Å²) in [6.45, 7) is 4.50. The summed E-state index contributed by atoms with van der Waals surface area (Å²) >= 11 is 0. The molecule has 0 radical (unpaired) electrons. The fourth-order valence-corrected chi connectivity index (χ4v) is 2.25. The van der Waals surface area contributed by atoms with Gasteiger partial charge in [0.05, 0.1) is 11.9 Å². The Hall–Kier alpha value is -1.61. The van der Waals surface area contributed by atoms with Crippen LogP contribution in [0, 0.1) is 5.92 Å². The van der Waals surface area contributed by atoms with E-state index in [1.807, 2.05) is 29.1 Å². The average molecular weight is 241 g/mol. The van der Waals surface area contributed by atoms with Crippen molar-refractivity contribution in [3.63, 3.8) is 0 Å². The highest BCUT2D eigenvalue weighted by Crippen LogP contribution is 2.31. The molecular weight excluding hydrogens is 222 g/mol. The van der Waals surface area contributed by atoms with Crippen molar-refractivity contribution in [3.05, 3.63) is 48.3 Å². The first-order valence-electron chi connectivity index (χ1n) is 6.60. The van der Waals surface area contributed by atoms with E-state index < -0.39 is 0 Å². The first-order valence-corrected chi connectivity index (χ1v) is 6.60. The van der Waals surface area contributed by atoms with Gasteiger partial charge in [-0.1, -0.05) is 25.1 Å². The van der Waals surface area contributed by atoms with Gasteiger partial charge in [-0.05, 0) is 31.4 Å². The fourth-order valence-electron chi connectivity index (χ4n) is 2.25. The van der Waals surface area contributed by atoms with Crippen LogP contribution in [0.15, 0.2) is 42.7 Å². The van der Waals surface area contributed by atoms with Crippen LogP contribution in [0.1, 0.15) is 31.9 Å². The van der Waals surface area contributed by atoms with Gasteiger partial charge in [-0.25, -0.2) is 4.68 Å². The van der Waals surface area contributed by atoms with Crippen LogP contribution in [0.25, 0.3) is 5.69 Å². The van der Waals surface area contributed by atoms with E-state index >= 15 is 0 Å². The summed E-state index contributed by atoms with van der Waals surface area (Å²) in [7, 11) is 0. The van der Waals surface area contributed by atoms with Crippen LogP contribution in [0.5, 0.6) is 0 Å². The second-order valence-electron chi connectivity index (χ2n) is 5.26. The summed E-state index contributed by atoms with van der Waals surface area (Å²) in [4.78, 5) is 0. The molecule has 0 spiro atoms. The summed E-state index contributed by atoms with van der Waals surface area (Å²) < 4.78 is 1.93. The van der Waals surface area contributed by atoms with E-state index in [0.717, 1.165) is 11.6 Å². The molecule has 0 aliphatic heterocycles. The minimum absolute atomic E-state index is 0.373. The predicted octanol–water partition coefficient (Wildman–Crippen LogP) is 2.93. The highest BCUT2D eigenvalue weighted by atomic mass is 15.3. The van der Waals surface area contributed by atoms with Crippen molar-refractivity contribution in [1.29, 1.82) is 0 Å². The summed E-state index contributed by atoms with van der Waals surface area (Å²) in [6.07, 6.45) is 5.37. The summed E-state index contributed by atoms with van der Waals surface area (Å²) in [5.74, 6) is 0.830. The Morgan fingerprint density at radius 2 is 2.06 bits per heavy atom. The van der Waals surface area contributed by atoms with Gasteiger partial charge in [0, 0.05) is 23.8 Å². The maximum absolute atomic E-state index is 4.43. The van der Waals surface area contributed by atoms with Gasteiger partial charge < -0.3 is 5.32 Å². The maximum atomic E-state index is 4.43. The molecule has 1 fully saturated rings. The largest absolute Gasteiger partial charge is 0.307 e. The van der Waals surface area contributed by atoms with E-state index in [0.29, 0.717) is 12.1 Å². The smallest absolute Gasteiger partial charge is 0.0645 e. The zero-order valence-corrected chi connectivity index (χ0v) is 10.9. The molecule has 3 unspecified atom stereocenters. The molecule has 3 heteroatoms. The molecule has 1 saturated carbocycles. The molecule has 1 N–H and O–H groups in total. The van der Waals surface area contributed by atoms with Gasteiger partial charge in [-0.15, -0.1) is 0 Å². The molecule has 1 aromatic heterocycles. The van der Waals surface area contributed by atoms with Crippen molar-refractivity contribution in [2.24, 2.45) is 5.92 Å². The van der Waals surface area contributed by atoms with E-state index in [9.17, 15) is 0 Å². The number of nitrogens with one attached hydrogen (secondary N) is 1. The Labute approximate surface area is 108 Å². The SMILES string of the molecule is CC(NC1CC1C)c1cnn(-c2ccccc2)c1. The molecular formula is C15H19N3. The normalized spacial score (nSPS) is 23.9. The summed E-state index contributed by atoms with van der Waals surface area (Å²) in [6, 6.07) is 11.3. The van der Waals surface area contributed by atoms with Gasteiger partial charge in [0.15, 0.2) is 0 Å². The van der Waals surface area contributed by atoms with Gasteiger partial charge >= 0.3 is 0 Å². The van der Waals surface area contributed by atoms with Gasteiger partial charge in [-0.2, -0.15) is 5.10 Å². The number of para-hydroxylation sites is 1. The third-order valence-corrected chi connectivity index (χ3v) is 3.70. The van der Waals surface area contributed by atoms with Crippen LogP contribution in [-0.4, -0.2) is 15.8 Å². The molecule has 18 heavy (non-hydrogen) atoms. The highest BCUT2D eigenvalue weighted by Gasteiger charge is 2.33. The number of nitrogens with zero attached hydrogens (tertiary/aromatic N) is 2. The fraction of sp³-hybridized carbons (Fsp3) is 0.400. The topological polar surface area (TPSA) is 29.9 Å². The van der Waals surface area contributed by atoms with Crippen LogP contribution in [0.2, 0.25) is 0 Å². The molecule has 94 valence electrons. The van der Waals surface area contributed by atoms with Crippen LogP contribution in [0.3, 0.4) is 0 Å². The van der Waals surface area contributed by atoms with Crippen LogP contribution in [0.4, 0.5) is 0 Å². The standard InChI is InChI=1S/C15H19N3/c1-11-8-15(11)17-12(2)13-9-16-18(10-13)14-6-4-3-5-7-14/h3-7,9-12,15,17H,8H2,1-2H3. The molecule has 0 amide bonds. The number of hydrogen-bond acceptors (Lipinski definition) is 2. The highest BCUT2D eigenvalue weighted by molar-refractivity contribution is 5.31. The van der Waals surface area contributed by atoms with Crippen molar-refractivity contribution in [1.82, 2.24) is 15.1 Å². The molecule has 1 aliphatic carbocycles. The molecule has 1 aromatic carbocycles. The third-order valence-electron chi connectivity index (χ3n) is 3.70. The van der Waals surface area contributed by atoms with Crippen molar-refractivity contribution in [3.8, 4) is 5.69 Å². The molecule has 3 nitrogen and oxygen atoms in total. The van der Waals surface area contributed by atoms with Crippen molar-refractivity contribution in [2.75, 3.05) is 0 Å². The van der Waals surface area contributed by atoms with Crippen LogP contribution >= 0.6 is 0 Å². The van der Waals surface area contributed by atoms with E-state index in [-0.39, 0.29) is 0 Å². The maximum Gasteiger partial charge on any atom is 0.0645 e. The Bertz CT molecular complexity index is 518. The number of benzene rings is 1. The molecule has 0 saturated heterocycles. The minimum atomic E-state index is 0.373.